The van der Waals surface area contributed by atoms with Gasteiger partial charge in [-0.25, -0.2) is 0 Å². The average molecular weight is 2220 g/mol. The van der Waals surface area contributed by atoms with Crippen molar-refractivity contribution in [2.24, 2.45) is 5.92 Å². The first kappa shape index (κ1) is 101. The number of hydrogen-bond acceptors (Lipinski definition) is 8. The van der Waals surface area contributed by atoms with Crippen LogP contribution in [0.3, 0.4) is 0 Å². The van der Waals surface area contributed by atoms with Gasteiger partial charge in [0.2, 0.25) is 0 Å². The van der Waals surface area contributed by atoms with Gasteiger partial charge in [-0.2, -0.15) is 0 Å². The molecule has 8 nitrogen and oxygen atoms in total. The largest absolute Gasteiger partial charge is 0.496 e. The Kier molecular flexibility index (Phi) is 40.8. The molecule has 657 valence electrons. The van der Waals surface area contributed by atoms with E-state index in [1.165, 1.54) is 137 Å². The van der Waals surface area contributed by atoms with Crippen LogP contribution in [0.5, 0.6) is 5.75 Å². The van der Waals surface area contributed by atoms with Crippen LogP contribution in [0.25, 0.3) is 89.7 Å². The standard InChI is InChI=1S/C26H35OP.C21H20N.C18H21BNO2.C18H14N.2C12H10N.C7H8.3Ir/c1-20-12-11-18-24(27-2)26(20)23-17-9-10-19-25(23)28(21-13-5-3-6-14-21)22-15-7-4-8-16-22;1-16(2)13-17-11-12-22-21(14-17)20-10-6-9-19(15-20)18-7-4-3-5-8-18;1-13-9-10-20-16(11-13)14-7-6-8-15(12-14)19-21-17(2,3)18(4,5)22-19;1-14-10-11-19-18(12-14)17-9-5-8-16(13-17)15-6-3-2-4-7-15;2*1-10-7-8-13-12(9-10)11-5-3-2-4-6-11;1-7-5-3-2-4-6-7;;;/h9-12,17-19,21-22H,3-8,13-16H2,1-2H3;3-9,11-12,14-16H,13H2,1-2H3;6,8-12H,1-5H3;2-8,10-13H,1H3;2*2-5,7-9H,1H3;2-6H,1H3;;;/q;5*-1;;;;. The van der Waals surface area contributed by atoms with E-state index >= 15 is 0 Å². The summed E-state index contributed by atoms with van der Waals surface area (Å²) in [5.74, 6) is 1.67. The van der Waals surface area contributed by atoms with Crippen LogP contribution in [0.4, 0.5) is 0 Å². The van der Waals surface area contributed by atoms with Crippen molar-refractivity contribution in [2.75, 3.05) is 7.11 Å². The summed E-state index contributed by atoms with van der Waals surface area (Å²) in [6, 6.07) is 118. The van der Waals surface area contributed by atoms with Crippen molar-refractivity contribution in [3.8, 4) is 95.4 Å². The Hall–Kier alpha value is -9.89. The molecule has 6 heterocycles. The van der Waals surface area contributed by atoms with E-state index in [9.17, 15) is 0 Å². The van der Waals surface area contributed by atoms with Crippen molar-refractivity contribution in [2.45, 2.75) is 176 Å². The topological polar surface area (TPSA) is 92.1 Å². The molecule has 0 N–H and O–H groups in total. The summed E-state index contributed by atoms with van der Waals surface area (Å²) < 4.78 is 18.0. The van der Waals surface area contributed by atoms with Gasteiger partial charge in [-0.15, -0.1) is 178 Å². The molecule has 1 saturated heterocycles. The van der Waals surface area contributed by atoms with E-state index in [1.807, 2.05) is 172 Å². The molecule has 18 rings (SSSR count). The molecule has 3 fully saturated rings. The van der Waals surface area contributed by atoms with Crippen LogP contribution >= 0.6 is 7.92 Å². The Morgan fingerprint density at radius 3 is 1.17 bits per heavy atom. The van der Waals surface area contributed by atoms with Crippen LogP contribution < -0.4 is 15.5 Å². The number of benzene rings is 10. The maximum absolute atomic E-state index is 6.11. The number of rotatable bonds is 15. The molecule has 5 aromatic heterocycles. The Morgan fingerprint density at radius 1 is 0.370 bits per heavy atom. The van der Waals surface area contributed by atoms with E-state index in [1.54, 1.807) is 5.30 Å². The van der Waals surface area contributed by atoms with E-state index in [4.69, 9.17) is 14.0 Å². The molecule has 0 unspecified atom stereocenters. The van der Waals surface area contributed by atoms with Crippen molar-refractivity contribution >= 4 is 25.8 Å². The zero-order chi connectivity index (χ0) is 87.1. The molecule has 13 heteroatoms. The van der Waals surface area contributed by atoms with Gasteiger partial charge in [0.15, 0.2) is 0 Å². The summed E-state index contributed by atoms with van der Waals surface area (Å²) in [4.78, 5) is 21.9. The summed E-state index contributed by atoms with van der Waals surface area (Å²) in [5, 5.41) is 1.66. The first-order chi connectivity index (χ1) is 60.2. The third-order valence-electron chi connectivity index (χ3n) is 22.9. The molecule has 15 aromatic rings. The Bertz CT molecular complexity index is 5660. The summed E-state index contributed by atoms with van der Waals surface area (Å²) in [5.41, 5.74) is 28.6. The minimum atomic E-state index is -0.358. The molecule has 3 radical (unpaired) electrons. The predicted molar refractivity (Wildman–Crippen MR) is 521 cm³/mol. The van der Waals surface area contributed by atoms with Gasteiger partial charge in [-0.1, -0.05) is 251 Å². The van der Waals surface area contributed by atoms with Crippen molar-refractivity contribution in [3.63, 3.8) is 0 Å². The molecular formula is C114H118BIr3N5O3P-5. The third kappa shape index (κ3) is 30.1. The second-order valence-electron chi connectivity index (χ2n) is 33.7. The quantitative estimate of drug-likeness (QED) is 0.0569. The van der Waals surface area contributed by atoms with Gasteiger partial charge in [-0.3, -0.25) is 0 Å². The second kappa shape index (κ2) is 51.3. The summed E-state index contributed by atoms with van der Waals surface area (Å²) in [6.07, 6.45) is 24.7. The molecule has 3 aliphatic rings. The van der Waals surface area contributed by atoms with Crippen molar-refractivity contribution < 1.29 is 74.4 Å². The normalized spacial score (nSPS) is 13.5. The van der Waals surface area contributed by atoms with E-state index in [-0.39, 0.29) is 86.6 Å². The number of nitrogens with zero attached hydrogens (tertiary/aromatic N) is 5. The second-order valence-corrected chi connectivity index (χ2v) is 36.5. The number of pyridine rings is 5. The van der Waals surface area contributed by atoms with Gasteiger partial charge in [0.25, 0.3) is 0 Å². The van der Waals surface area contributed by atoms with Crippen LogP contribution in [-0.4, -0.2) is 61.7 Å². The predicted octanol–water partition coefficient (Wildman–Crippen LogP) is 28.2. The SMILES string of the molecule is CC(C)Cc1ccnc(-c2[c-]ccc(-c3ccccc3)c2)c1.COc1cccc(C)c1-c1ccccc1P(C1CCCCC1)C1CCCCC1.Cc1ccccc1.Cc1ccnc(-c2[c-]ccc(-c3ccccc3)c2)c1.Cc1ccnc(-c2[c-]ccc(B3OC(C)(C)C(C)(C)O3)c2)c1.Cc1ccnc(-c2[c-]cccc2)c1.Cc1ccnc(-c2[c-]cccc2)c1.[Ir].[Ir].[Ir]. The number of aryl methyl sites for hydroxylation is 6. The van der Waals surface area contributed by atoms with Crippen LogP contribution in [0, 0.1) is 77.8 Å². The van der Waals surface area contributed by atoms with Gasteiger partial charge < -0.3 is 39.0 Å². The molecule has 2 saturated carbocycles. The van der Waals surface area contributed by atoms with Crippen LogP contribution in [0.15, 0.2) is 328 Å². The Balaban J connectivity index is 0.000000171. The maximum atomic E-state index is 6.11. The van der Waals surface area contributed by atoms with E-state index in [0.717, 1.165) is 85.2 Å². The van der Waals surface area contributed by atoms with E-state index in [0.29, 0.717) is 5.92 Å². The first-order valence-electron chi connectivity index (χ1n) is 43.9. The molecule has 0 atom stereocenters. The van der Waals surface area contributed by atoms with Gasteiger partial charge in [-0.05, 0) is 211 Å². The number of hydrogen-bond donors (Lipinski definition) is 0. The van der Waals surface area contributed by atoms with Gasteiger partial charge >= 0.3 is 7.12 Å². The number of methoxy groups -OCH3 is 1. The smallest absolute Gasteiger partial charge is 0.475 e. The number of aromatic nitrogens is 5. The molecule has 1 aliphatic heterocycles. The molecule has 0 bridgehead atoms. The van der Waals surface area contributed by atoms with Gasteiger partial charge in [0.05, 0.1) is 18.3 Å². The van der Waals surface area contributed by atoms with Crippen LogP contribution in [0.1, 0.15) is 145 Å². The molecule has 0 amide bonds. The van der Waals surface area contributed by atoms with Crippen molar-refractivity contribution in [3.05, 3.63) is 398 Å². The fraction of sp³-hybridized carbons (Fsp3) is 0.254. The summed E-state index contributed by atoms with van der Waals surface area (Å²) in [7, 11) is 1.33. The monoisotopic (exact) mass is 2230 g/mol. The van der Waals surface area contributed by atoms with E-state index < -0.39 is 0 Å². The molecule has 0 spiro atoms. The van der Waals surface area contributed by atoms with Crippen LogP contribution in [-0.2, 0) is 76.0 Å². The molecule has 127 heavy (non-hydrogen) atoms. The third-order valence-corrected chi connectivity index (χ3v) is 26.4. The van der Waals surface area contributed by atoms with Crippen LogP contribution in [0.2, 0.25) is 0 Å². The molecular weight excluding hydrogens is 2110 g/mol. The first-order valence-corrected chi connectivity index (χ1v) is 45.4. The molecule has 2 aliphatic carbocycles. The average Bonchev–Trinajstić information content (AvgIpc) is 1.71. The number of ether oxygens (including phenoxy) is 1. The zero-order valence-electron chi connectivity index (χ0n) is 75.7. The van der Waals surface area contributed by atoms with Crippen molar-refractivity contribution in [1.29, 1.82) is 0 Å². The van der Waals surface area contributed by atoms with Crippen molar-refractivity contribution in [1.82, 2.24) is 24.9 Å². The Morgan fingerprint density at radius 2 is 0.756 bits per heavy atom. The fourth-order valence-electron chi connectivity index (χ4n) is 15.7. The summed E-state index contributed by atoms with van der Waals surface area (Å²) in [6.45, 7) is 25.3. The minimum absolute atomic E-state index is 0. The van der Waals surface area contributed by atoms with E-state index in [2.05, 4.69) is 302 Å². The maximum Gasteiger partial charge on any atom is 0.475 e. The zero-order valence-corrected chi connectivity index (χ0v) is 83.8. The fourth-order valence-corrected chi connectivity index (χ4v) is 19.6. The molecule has 10 aromatic carbocycles. The van der Waals surface area contributed by atoms with Gasteiger partial charge in [0.1, 0.15) is 5.75 Å². The minimum Gasteiger partial charge on any atom is -0.496 e. The van der Waals surface area contributed by atoms with Gasteiger partial charge in [0, 0.05) is 96.9 Å². The summed E-state index contributed by atoms with van der Waals surface area (Å²) >= 11 is 0. The Labute approximate surface area is 800 Å².